The minimum absolute atomic E-state index is 0.0251. The number of nitrogens with one attached hydrogen (secondary N) is 2. The van der Waals surface area contributed by atoms with Gasteiger partial charge in [-0.15, -0.1) is 0 Å². The molecule has 2 aromatic rings. The van der Waals surface area contributed by atoms with Crippen LogP contribution in [0.1, 0.15) is 34.3 Å². The highest BCUT2D eigenvalue weighted by molar-refractivity contribution is 6.09. The molecule has 4 rings (SSSR count). The van der Waals surface area contributed by atoms with Gasteiger partial charge in [0.1, 0.15) is 6.04 Å². The first-order valence-corrected chi connectivity index (χ1v) is 8.64. The maximum atomic E-state index is 12.6. The van der Waals surface area contributed by atoms with Crippen LogP contribution in [0.5, 0.6) is 0 Å². The van der Waals surface area contributed by atoms with Gasteiger partial charge in [-0.25, -0.2) is 0 Å². The SMILES string of the molecule is Cc1cccc(NC(=O)c2ccc3c(c2)NC(=O)C2CCCN32)c1C. The van der Waals surface area contributed by atoms with Gasteiger partial charge in [0.2, 0.25) is 5.91 Å². The molecule has 5 nitrogen and oxygen atoms in total. The zero-order valence-corrected chi connectivity index (χ0v) is 14.4. The van der Waals surface area contributed by atoms with Crippen molar-refractivity contribution < 1.29 is 9.59 Å². The maximum absolute atomic E-state index is 12.6. The van der Waals surface area contributed by atoms with Crippen LogP contribution in [0.3, 0.4) is 0 Å². The first-order valence-electron chi connectivity index (χ1n) is 8.64. The lowest BCUT2D eigenvalue weighted by atomic mass is 10.1. The second kappa shape index (κ2) is 5.92. The standard InChI is InChI=1S/C20H21N3O2/c1-12-5-3-6-15(13(12)2)21-19(24)14-8-9-17-16(11-14)22-20(25)18-7-4-10-23(17)18/h3,5-6,8-9,11,18H,4,7,10H2,1-2H3,(H,21,24)(H,22,25). The number of benzene rings is 2. The van der Waals surface area contributed by atoms with Crippen LogP contribution in [0.2, 0.25) is 0 Å². The Balaban J connectivity index is 1.62. The fourth-order valence-electron chi connectivity index (χ4n) is 3.65. The lowest BCUT2D eigenvalue weighted by Gasteiger charge is -2.33. The Morgan fingerprint density at radius 1 is 1.24 bits per heavy atom. The molecule has 2 aromatic carbocycles. The van der Waals surface area contributed by atoms with Crippen molar-refractivity contribution in [3.8, 4) is 0 Å². The van der Waals surface area contributed by atoms with Crippen molar-refractivity contribution in [3.63, 3.8) is 0 Å². The summed E-state index contributed by atoms with van der Waals surface area (Å²) in [6.07, 6.45) is 1.91. The van der Waals surface area contributed by atoms with Gasteiger partial charge in [-0.05, 0) is 62.1 Å². The number of hydrogen-bond donors (Lipinski definition) is 2. The first-order chi connectivity index (χ1) is 12.0. The number of carbonyl (C=O) groups excluding carboxylic acids is 2. The molecule has 5 heteroatoms. The molecule has 0 saturated carbocycles. The van der Waals surface area contributed by atoms with Gasteiger partial charge >= 0.3 is 0 Å². The predicted octanol–water partition coefficient (Wildman–Crippen LogP) is 3.48. The number of carbonyl (C=O) groups is 2. The summed E-state index contributed by atoms with van der Waals surface area (Å²) < 4.78 is 0. The largest absolute Gasteiger partial charge is 0.358 e. The van der Waals surface area contributed by atoms with E-state index in [2.05, 4.69) is 15.5 Å². The summed E-state index contributed by atoms with van der Waals surface area (Å²) in [7, 11) is 0. The Bertz CT molecular complexity index is 875. The highest BCUT2D eigenvalue weighted by atomic mass is 16.2. The van der Waals surface area contributed by atoms with Crippen molar-refractivity contribution in [3.05, 3.63) is 53.1 Å². The van der Waals surface area contributed by atoms with E-state index in [1.54, 1.807) is 6.07 Å². The van der Waals surface area contributed by atoms with Crippen molar-refractivity contribution in [2.45, 2.75) is 32.7 Å². The number of hydrogen-bond acceptors (Lipinski definition) is 3. The fourth-order valence-corrected chi connectivity index (χ4v) is 3.65. The first kappa shape index (κ1) is 15.7. The van der Waals surface area contributed by atoms with E-state index in [0.717, 1.165) is 47.6 Å². The van der Waals surface area contributed by atoms with Crippen LogP contribution < -0.4 is 15.5 Å². The van der Waals surface area contributed by atoms with E-state index in [1.165, 1.54) is 0 Å². The third-order valence-corrected chi connectivity index (χ3v) is 5.23. The molecule has 1 unspecified atom stereocenters. The Morgan fingerprint density at radius 2 is 2.08 bits per heavy atom. The molecule has 0 radical (unpaired) electrons. The monoisotopic (exact) mass is 335 g/mol. The van der Waals surface area contributed by atoms with E-state index in [0.29, 0.717) is 5.56 Å². The van der Waals surface area contributed by atoms with Crippen LogP contribution >= 0.6 is 0 Å². The lowest BCUT2D eigenvalue weighted by molar-refractivity contribution is -0.117. The maximum Gasteiger partial charge on any atom is 0.255 e. The van der Waals surface area contributed by atoms with Crippen LogP contribution in [0.15, 0.2) is 36.4 Å². The van der Waals surface area contributed by atoms with Crippen molar-refractivity contribution in [1.29, 1.82) is 0 Å². The molecule has 1 fully saturated rings. The molecule has 2 N–H and O–H groups in total. The van der Waals surface area contributed by atoms with Gasteiger partial charge in [-0.3, -0.25) is 9.59 Å². The zero-order chi connectivity index (χ0) is 17.6. The summed E-state index contributed by atoms with van der Waals surface area (Å²) in [5, 5.41) is 5.92. The molecule has 2 aliphatic rings. The van der Waals surface area contributed by atoms with Crippen molar-refractivity contribution >= 4 is 28.9 Å². The van der Waals surface area contributed by atoms with Gasteiger partial charge < -0.3 is 15.5 Å². The van der Waals surface area contributed by atoms with E-state index in [9.17, 15) is 9.59 Å². The molecule has 0 aliphatic carbocycles. The van der Waals surface area contributed by atoms with E-state index < -0.39 is 0 Å². The fraction of sp³-hybridized carbons (Fsp3) is 0.300. The lowest BCUT2D eigenvalue weighted by Crippen LogP contribution is -2.43. The quantitative estimate of drug-likeness (QED) is 0.883. The summed E-state index contributed by atoms with van der Waals surface area (Å²) in [5.74, 6) is -0.147. The number of aryl methyl sites for hydroxylation is 1. The summed E-state index contributed by atoms with van der Waals surface area (Å²) in [4.78, 5) is 27.0. The number of rotatable bonds is 2. The minimum atomic E-state index is -0.172. The van der Waals surface area contributed by atoms with Crippen LogP contribution in [0.25, 0.3) is 0 Å². The normalized spacial score (nSPS) is 18.4. The molecular formula is C20H21N3O2. The third kappa shape index (κ3) is 2.65. The summed E-state index contributed by atoms with van der Waals surface area (Å²) in [5.41, 5.74) is 5.27. The van der Waals surface area contributed by atoms with Gasteiger partial charge in [0, 0.05) is 17.8 Å². The average Bonchev–Trinajstić information content (AvgIpc) is 3.09. The van der Waals surface area contributed by atoms with Crippen LogP contribution in [-0.4, -0.2) is 24.4 Å². The second-order valence-corrected chi connectivity index (χ2v) is 6.77. The Morgan fingerprint density at radius 3 is 2.92 bits per heavy atom. The average molecular weight is 335 g/mol. The van der Waals surface area contributed by atoms with Gasteiger partial charge in [0.25, 0.3) is 5.91 Å². The second-order valence-electron chi connectivity index (χ2n) is 6.77. The van der Waals surface area contributed by atoms with Crippen molar-refractivity contribution in [2.75, 3.05) is 22.1 Å². The number of amides is 2. The zero-order valence-electron chi connectivity index (χ0n) is 14.4. The summed E-state index contributed by atoms with van der Waals surface area (Å²) in [6.45, 7) is 4.90. The number of fused-ring (bicyclic) bond motifs is 3. The van der Waals surface area contributed by atoms with Crippen LogP contribution in [-0.2, 0) is 4.79 Å². The third-order valence-electron chi connectivity index (χ3n) is 5.23. The van der Waals surface area contributed by atoms with Gasteiger partial charge in [-0.2, -0.15) is 0 Å². The molecule has 1 atom stereocenters. The van der Waals surface area contributed by atoms with Gasteiger partial charge in [0.05, 0.1) is 11.4 Å². The van der Waals surface area contributed by atoms with Crippen molar-refractivity contribution in [2.24, 2.45) is 0 Å². The number of nitrogens with zero attached hydrogens (tertiary/aromatic N) is 1. The molecule has 0 spiro atoms. The molecule has 25 heavy (non-hydrogen) atoms. The van der Waals surface area contributed by atoms with Gasteiger partial charge in [-0.1, -0.05) is 12.1 Å². The molecule has 2 heterocycles. The van der Waals surface area contributed by atoms with E-state index in [1.807, 2.05) is 44.2 Å². The number of anilines is 3. The smallest absolute Gasteiger partial charge is 0.255 e. The van der Waals surface area contributed by atoms with E-state index in [4.69, 9.17) is 0 Å². The highest BCUT2D eigenvalue weighted by Crippen LogP contribution is 2.37. The molecule has 0 bridgehead atoms. The highest BCUT2D eigenvalue weighted by Gasteiger charge is 2.36. The molecule has 128 valence electrons. The van der Waals surface area contributed by atoms with Crippen molar-refractivity contribution in [1.82, 2.24) is 0 Å². The molecule has 1 saturated heterocycles. The van der Waals surface area contributed by atoms with Crippen LogP contribution in [0.4, 0.5) is 17.1 Å². The Labute approximate surface area is 147 Å². The van der Waals surface area contributed by atoms with E-state index in [-0.39, 0.29) is 17.9 Å². The summed E-state index contributed by atoms with van der Waals surface area (Å²) in [6, 6.07) is 11.3. The summed E-state index contributed by atoms with van der Waals surface area (Å²) >= 11 is 0. The molecule has 0 aromatic heterocycles. The van der Waals surface area contributed by atoms with Gasteiger partial charge in [0.15, 0.2) is 0 Å². The molecular weight excluding hydrogens is 314 g/mol. The topological polar surface area (TPSA) is 61.4 Å². The molecule has 2 amide bonds. The predicted molar refractivity (Wildman–Crippen MR) is 99.3 cm³/mol. The molecule has 2 aliphatic heterocycles. The minimum Gasteiger partial charge on any atom is -0.358 e. The van der Waals surface area contributed by atoms with Crippen LogP contribution in [0, 0.1) is 13.8 Å². The Hall–Kier alpha value is -2.82. The Kier molecular flexibility index (Phi) is 3.71. The van der Waals surface area contributed by atoms with E-state index >= 15 is 0 Å².